The summed E-state index contributed by atoms with van der Waals surface area (Å²) in [7, 11) is 1.61. The number of carbonyl (C=O) groups excluding carboxylic acids is 1. The fourth-order valence-electron chi connectivity index (χ4n) is 1.29. The Labute approximate surface area is 112 Å². The van der Waals surface area contributed by atoms with Crippen LogP contribution in [-0.2, 0) is 25.6 Å². The van der Waals surface area contributed by atoms with Crippen molar-refractivity contribution in [1.82, 2.24) is 0 Å². The topological polar surface area (TPSA) is 44.8 Å². The van der Waals surface area contributed by atoms with Crippen LogP contribution in [-0.4, -0.2) is 32.9 Å². The van der Waals surface area contributed by atoms with Gasteiger partial charge < -0.3 is 14.2 Å². The number of hydrogen-bond acceptors (Lipinski definition) is 4. The van der Waals surface area contributed by atoms with Gasteiger partial charge in [-0.2, -0.15) is 0 Å². The van der Waals surface area contributed by atoms with Gasteiger partial charge in [0.15, 0.2) is 0 Å². The predicted molar refractivity (Wildman–Crippen MR) is 68.6 cm³/mol. The first kappa shape index (κ1) is 15.0. The molecule has 0 N–H and O–H groups in total. The molecule has 0 aliphatic heterocycles. The zero-order valence-corrected chi connectivity index (χ0v) is 11.1. The van der Waals surface area contributed by atoms with Crippen molar-refractivity contribution in [1.29, 1.82) is 0 Å². The summed E-state index contributed by atoms with van der Waals surface area (Å²) in [6.45, 7) is 1.15. The van der Waals surface area contributed by atoms with E-state index in [0.29, 0.717) is 31.3 Å². The second-order valence-corrected chi connectivity index (χ2v) is 4.06. The molecule has 1 rings (SSSR count). The molecule has 18 heavy (non-hydrogen) atoms. The van der Waals surface area contributed by atoms with E-state index in [0.717, 1.165) is 5.56 Å². The molecule has 4 nitrogen and oxygen atoms in total. The Bertz CT molecular complexity index is 368. The van der Waals surface area contributed by atoms with E-state index in [1.54, 1.807) is 13.2 Å². The van der Waals surface area contributed by atoms with Crippen molar-refractivity contribution >= 4 is 17.6 Å². The minimum atomic E-state index is -0.377. The smallest absolute Gasteiger partial charge is 0.332 e. The first-order valence-electron chi connectivity index (χ1n) is 5.69. The van der Waals surface area contributed by atoms with Crippen LogP contribution in [0.5, 0.6) is 0 Å². The lowest BCUT2D eigenvalue weighted by Gasteiger charge is -2.06. The molecule has 1 aromatic rings. The van der Waals surface area contributed by atoms with Crippen LogP contribution in [0.1, 0.15) is 12.0 Å². The van der Waals surface area contributed by atoms with Crippen molar-refractivity contribution in [2.75, 3.05) is 26.9 Å². The zero-order chi connectivity index (χ0) is 13.2. The number of esters is 1. The first-order chi connectivity index (χ1) is 8.74. The second-order valence-electron chi connectivity index (χ2n) is 3.65. The molecule has 0 fully saturated rings. The van der Waals surface area contributed by atoms with Gasteiger partial charge in [0.05, 0.1) is 13.2 Å². The summed E-state index contributed by atoms with van der Waals surface area (Å²) >= 11 is 5.95. The molecule has 0 aromatic heterocycles. The largest absolute Gasteiger partial charge is 0.464 e. The van der Waals surface area contributed by atoms with Crippen LogP contribution in [0.3, 0.4) is 0 Å². The number of rotatable bonds is 8. The van der Waals surface area contributed by atoms with E-state index in [1.165, 1.54) is 0 Å². The first-order valence-corrected chi connectivity index (χ1v) is 6.07. The molecule has 5 heteroatoms. The molecule has 1 aromatic carbocycles. The van der Waals surface area contributed by atoms with Gasteiger partial charge in [0.25, 0.3) is 0 Å². The number of benzene rings is 1. The van der Waals surface area contributed by atoms with Crippen LogP contribution >= 0.6 is 11.6 Å². The highest BCUT2D eigenvalue weighted by atomic mass is 35.5. The SMILES string of the molecule is COCCCOC(=O)COCc1ccccc1Cl. The molecule has 0 atom stereocenters. The van der Waals surface area contributed by atoms with E-state index >= 15 is 0 Å². The predicted octanol–water partition coefficient (Wildman–Crippen LogP) is 2.44. The maximum atomic E-state index is 11.3. The average molecular weight is 273 g/mol. The highest BCUT2D eigenvalue weighted by molar-refractivity contribution is 6.31. The lowest BCUT2D eigenvalue weighted by molar-refractivity contribution is -0.149. The van der Waals surface area contributed by atoms with Gasteiger partial charge in [-0.1, -0.05) is 29.8 Å². The molecule has 0 bridgehead atoms. The van der Waals surface area contributed by atoms with E-state index in [2.05, 4.69) is 0 Å². The van der Waals surface area contributed by atoms with E-state index in [4.69, 9.17) is 25.8 Å². The third-order valence-electron chi connectivity index (χ3n) is 2.19. The molecule has 0 unspecified atom stereocenters. The zero-order valence-electron chi connectivity index (χ0n) is 10.4. The normalized spacial score (nSPS) is 10.3. The number of hydrogen-bond donors (Lipinski definition) is 0. The van der Waals surface area contributed by atoms with Crippen LogP contribution in [0.25, 0.3) is 0 Å². The molecule has 0 saturated carbocycles. The van der Waals surface area contributed by atoms with Crippen molar-refractivity contribution in [2.45, 2.75) is 13.0 Å². The van der Waals surface area contributed by atoms with Gasteiger partial charge in [0.1, 0.15) is 6.61 Å². The third-order valence-corrected chi connectivity index (χ3v) is 2.56. The fourth-order valence-corrected chi connectivity index (χ4v) is 1.48. The Morgan fingerprint density at radius 2 is 2.06 bits per heavy atom. The van der Waals surface area contributed by atoms with Crippen molar-refractivity contribution < 1.29 is 19.0 Å². The average Bonchev–Trinajstić information content (AvgIpc) is 2.37. The molecular formula is C13H17ClO4. The Kier molecular flexibility index (Phi) is 7.41. The fraction of sp³-hybridized carbons (Fsp3) is 0.462. The lowest BCUT2D eigenvalue weighted by atomic mass is 10.2. The summed E-state index contributed by atoms with van der Waals surface area (Å²) in [6.07, 6.45) is 0.687. The third kappa shape index (κ3) is 6.00. The number of halogens is 1. The number of carbonyl (C=O) groups is 1. The van der Waals surface area contributed by atoms with Gasteiger partial charge in [-0.25, -0.2) is 4.79 Å². The highest BCUT2D eigenvalue weighted by Crippen LogP contribution is 2.15. The molecule has 0 amide bonds. The van der Waals surface area contributed by atoms with Crippen molar-refractivity contribution in [3.05, 3.63) is 34.9 Å². The van der Waals surface area contributed by atoms with Crippen molar-refractivity contribution in [2.24, 2.45) is 0 Å². The van der Waals surface area contributed by atoms with Crippen molar-refractivity contribution in [3.8, 4) is 0 Å². The van der Waals surface area contributed by atoms with E-state index in [9.17, 15) is 4.79 Å². The lowest BCUT2D eigenvalue weighted by Crippen LogP contribution is -2.14. The van der Waals surface area contributed by atoms with Crippen LogP contribution < -0.4 is 0 Å². The van der Waals surface area contributed by atoms with E-state index in [1.807, 2.05) is 18.2 Å². The van der Waals surface area contributed by atoms with Gasteiger partial charge >= 0.3 is 5.97 Å². The molecule has 0 spiro atoms. The summed E-state index contributed by atoms with van der Waals surface area (Å²) in [5.74, 6) is -0.377. The van der Waals surface area contributed by atoms with E-state index in [-0.39, 0.29) is 12.6 Å². The van der Waals surface area contributed by atoms with Gasteiger partial charge in [-0.3, -0.25) is 0 Å². The van der Waals surface area contributed by atoms with Crippen LogP contribution in [0.2, 0.25) is 5.02 Å². The highest BCUT2D eigenvalue weighted by Gasteiger charge is 2.04. The second kappa shape index (κ2) is 8.91. The minimum absolute atomic E-state index is 0.0712. The summed E-state index contributed by atoms with van der Waals surface area (Å²) in [5, 5.41) is 0.631. The molecule has 0 saturated heterocycles. The van der Waals surface area contributed by atoms with Crippen molar-refractivity contribution in [3.63, 3.8) is 0 Å². The maximum absolute atomic E-state index is 11.3. The van der Waals surface area contributed by atoms with Crippen LogP contribution in [0.15, 0.2) is 24.3 Å². The van der Waals surface area contributed by atoms with Gasteiger partial charge in [0, 0.05) is 25.2 Å². The summed E-state index contributed by atoms with van der Waals surface area (Å²) in [5.41, 5.74) is 0.853. The van der Waals surface area contributed by atoms with Gasteiger partial charge in [0.2, 0.25) is 0 Å². The quantitative estimate of drug-likeness (QED) is 0.539. The Balaban J connectivity index is 2.14. The maximum Gasteiger partial charge on any atom is 0.332 e. The molecular weight excluding hydrogens is 256 g/mol. The summed E-state index contributed by atoms with van der Waals surface area (Å²) in [4.78, 5) is 11.3. The Morgan fingerprint density at radius 1 is 1.28 bits per heavy atom. The molecule has 0 aliphatic carbocycles. The summed E-state index contributed by atoms with van der Waals surface area (Å²) in [6, 6.07) is 7.35. The van der Waals surface area contributed by atoms with E-state index < -0.39 is 0 Å². The Morgan fingerprint density at radius 3 is 2.78 bits per heavy atom. The molecule has 0 heterocycles. The van der Waals surface area contributed by atoms with Gasteiger partial charge in [-0.15, -0.1) is 0 Å². The molecule has 0 aliphatic rings. The minimum Gasteiger partial charge on any atom is -0.464 e. The van der Waals surface area contributed by atoms with Crippen LogP contribution in [0.4, 0.5) is 0 Å². The standard InChI is InChI=1S/C13H17ClO4/c1-16-7-4-8-18-13(15)10-17-9-11-5-2-3-6-12(11)14/h2-3,5-6H,4,7-10H2,1H3. The Hall–Kier alpha value is -1.10. The van der Waals surface area contributed by atoms with Crippen LogP contribution in [0, 0.1) is 0 Å². The number of methoxy groups -OCH3 is 1. The summed E-state index contributed by atoms with van der Waals surface area (Å²) < 4.78 is 15.0. The molecule has 100 valence electrons. The number of ether oxygens (including phenoxy) is 3. The monoisotopic (exact) mass is 272 g/mol. The van der Waals surface area contributed by atoms with Gasteiger partial charge in [-0.05, 0) is 11.6 Å². The molecule has 0 radical (unpaired) electrons.